The second-order valence-corrected chi connectivity index (χ2v) is 9.79. The van der Waals surface area contributed by atoms with Crippen LogP contribution in [0.2, 0.25) is 0 Å². The number of amides is 2. The smallest absolute Gasteiger partial charge is 0.399 e. The van der Waals surface area contributed by atoms with Crippen molar-refractivity contribution in [3.63, 3.8) is 0 Å². The average molecular weight is 478 g/mol. The molecule has 4 rings (SSSR count). The van der Waals surface area contributed by atoms with Crippen molar-refractivity contribution >= 4 is 39.4 Å². The Balaban J connectivity index is 1.42. The topological polar surface area (TPSA) is 99.3 Å². The first-order valence-electron chi connectivity index (χ1n) is 10.8. The second-order valence-electron chi connectivity index (χ2n) is 8.77. The van der Waals surface area contributed by atoms with Crippen LogP contribution in [0.15, 0.2) is 60.7 Å². The van der Waals surface area contributed by atoms with Crippen molar-refractivity contribution in [3.8, 4) is 5.06 Å². The van der Waals surface area contributed by atoms with Crippen LogP contribution in [0.4, 0.5) is 10.6 Å². The van der Waals surface area contributed by atoms with Crippen molar-refractivity contribution in [2.75, 3.05) is 19.4 Å². The van der Waals surface area contributed by atoms with Crippen molar-refractivity contribution in [1.82, 2.24) is 20.4 Å². The van der Waals surface area contributed by atoms with E-state index in [1.807, 2.05) is 70.4 Å². The first-order chi connectivity index (χ1) is 16.2. The first-order valence-corrected chi connectivity index (χ1v) is 11.6. The third kappa shape index (κ3) is 5.44. The van der Waals surface area contributed by atoms with Gasteiger partial charge in [0.15, 0.2) is 10.9 Å². The maximum Gasteiger partial charge on any atom is 0.414 e. The van der Waals surface area contributed by atoms with Crippen LogP contribution in [-0.2, 0) is 12.1 Å². The van der Waals surface area contributed by atoms with E-state index in [9.17, 15) is 9.59 Å². The van der Waals surface area contributed by atoms with Crippen LogP contribution >= 0.6 is 11.3 Å². The van der Waals surface area contributed by atoms with Gasteiger partial charge in [0.05, 0.1) is 10.9 Å². The van der Waals surface area contributed by atoms with E-state index in [4.69, 9.17) is 4.74 Å². The molecule has 0 radical (unpaired) electrons. The highest BCUT2D eigenvalue weighted by molar-refractivity contribution is 7.20. The normalized spacial score (nSPS) is 11.6. The molecule has 0 aliphatic rings. The molecular weight excluding hydrogens is 450 g/mol. The predicted octanol–water partition coefficient (Wildman–Crippen LogP) is 4.96. The van der Waals surface area contributed by atoms with Gasteiger partial charge >= 0.3 is 6.09 Å². The van der Waals surface area contributed by atoms with Gasteiger partial charge in [-0.1, -0.05) is 53.8 Å². The summed E-state index contributed by atoms with van der Waals surface area (Å²) in [5, 5.41) is 13.9. The quantitative estimate of drug-likeness (QED) is 0.349. The number of hydrogen-bond donors (Lipinski definition) is 3. The van der Waals surface area contributed by atoms with Crippen LogP contribution in [0, 0.1) is 0 Å². The monoisotopic (exact) mass is 477 g/mol. The van der Waals surface area contributed by atoms with Crippen molar-refractivity contribution in [1.29, 1.82) is 0 Å². The Morgan fingerprint density at radius 1 is 1.09 bits per heavy atom. The molecule has 2 heterocycles. The van der Waals surface area contributed by atoms with E-state index in [1.54, 1.807) is 18.2 Å². The number of fused-ring (bicyclic) bond motifs is 1. The lowest BCUT2D eigenvalue weighted by atomic mass is 9.95. The maximum atomic E-state index is 12.7. The standard InChI is InChI=1S/C25H27N5O3S/c1-25(2,18-8-6-5-7-9-18)27-24(32)33-20-14-19-21(28-29-23(19)34-20)26-22(31)17-12-10-16(11-13-17)15-30(3)4/h5-14H,15H2,1-4H3,(H,27,32)(H2,26,28,29,31). The number of anilines is 1. The fourth-order valence-corrected chi connectivity index (χ4v) is 4.40. The second kappa shape index (κ2) is 9.66. The molecule has 2 amide bonds. The predicted molar refractivity (Wildman–Crippen MR) is 134 cm³/mol. The molecule has 0 bridgehead atoms. The third-order valence-corrected chi connectivity index (χ3v) is 6.20. The zero-order chi connectivity index (χ0) is 24.3. The Morgan fingerprint density at radius 2 is 1.79 bits per heavy atom. The number of benzene rings is 2. The molecule has 34 heavy (non-hydrogen) atoms. The Kier molecular flexibility index (Phi) is 6.67. The van der Waals surface area contributed by atoms with Gasteiger partial charge in [0.25, 0.3) is 5.91 Å². The summed E-state index contributed by atoms with van der Waals surface area (Å²) >= 11 is 1.24. The molecule has 0 unspecified atom stereocenters. The molecule has 8 nitrogen and oxygen atoms in total. The number of ether oxygens (including phenoxy) is 1. The number of thiophene rings is 1. The summed E-state index contributed by atoms with van der Waals surface area (Å²) in [4.78, 5) is 28.0. The number of carbonyl (C=O) groups is 2. The first kappa shape index (κ1) is 23.5. The molecule has 0 spiro atoms. The lowest BCUT2D eigenvalue weighted by molar-refractivity contribution is 0.102. The van der Waals surface area contributed by atoms with Crippen LogP contribution in [0.3, 0.4) is 0 Å². The molecule has 9 heteroatoms. The van der Waals surface area contributed by atoms with E-state index in [0.29, 0.717) is 26.7 Å². The fraction of sp³-hybridized carbons (Fsp3) is 0.240. The molecule has 0 aliphatic carbocycles. The summed E-state index contributed by atoms with van der Waals surface area (Å²) in [5.41, 5.74) is 2.03. The summed E-state index contributed by atoms with van der Waals surface area (Å²) in [6.45, 7) is 4.62. The summed E-state index contributed by atoms with van der Waals surface area (Å²) in [5.74, 6) is 0.120. The lowest BCUT2D eigenvalue weighted by Crippen LogP contribution is -2.42. The summed E-state index contributed by atoms with van der Waals surface area (Å²) in [7, 11) is 3.99. The molecule has 0 atom stereocenters. The highest BCUT2D eigenvalue weighted by atomic mass is 32.1. The number of nitrogens with one attached hydrogen (secondary N) is 3. The molecule has 2 aromatic carbocycles. The summed E-state index contributed by atoms with van der Waals surface area (Å²) in [6, 6.07) is 18.8. The Hall–Kier alpha value is -3.69. The average Bonchev–Trinajstić information content (AvgIpc) is 3.35. The van der Waals surface area contributed by atoms with Gasteiger partial charge in [-0.3, -0.25) is 9.89 Å². The minimum absolute atomic E-state index is 0.263. The number of H-pyrrole nitrogens is 1. The Labute approximate surface area is 201 Å². The van der Waals surface area contributed by atoms with E-state index < -0.39 is 11.6 Å². The van der Waals surface area contributed by atoms with E-state index in [1.165, 1.54) is 11.3 Å². The summed E-state index contributed by atoms with van der Waals surface area (Å²) < 4.78 is 5.51. The van der Waals surface area contributed by atoms with Crippen molar-refractivity contribution in [3.05, 3.63) is 77.4 Å². The fourth-order valence-electron chi connectivity index (χ4n) is 3.55. The van der Waals surface area contributed by atoms with Crippen LogP contribution < -0.4 is 15.4 Å². The lowest BCUT2D eigenvalue weighted by Gasteiger charge is -2.26. The number of carbonyl (C=O) groups excluding carboxylic acids is 2. The van der Waals surface area contributed by atoms with Crippen LogP contribution in [0.5, 0.6) is 5.06 Å². The van der Waals surface area contributed by atoms with Crippen molar-refractivity contribution in [2.45, 2.75) is 25.9 Å². The van der Waals surface area contributed by atoms with Crippen LogP contribution in [-0.4, -0.2) is 41.2 Å². The molecule has 0 saturated heterocycles. The number of hydrogen-bond acceptors (Lipinski definition) is 6. The zero-order valence-electron chi connectivity index (χ0n) is 19.5. The van der Waals surface area contributed by atoms with Gasteiger partial charge in [-0.05, 0) is 51.2 Å². The van der Waals surface area contributed by atoms with Crippen LogP contribution in [0.25, 0.3) is 10.2 Å². The van der Waals surface area contributed by atoms with Gasteiger partial charge in [-0.15, -0.1) is 0 Å². The van der Waals surface area contributed by atoms with E-state index >= 15 is 0 Å². The van der Waals surface area contributed by atoms with Gasteiger partial charge in [-0.2, -0.15) is 5.10 Å². The van der Waals surface area contributed by atoms with E-state index in [0.717, 1.165) is 17.7 Å². The minimum atomic E-state index is -0.598. The zero-order valence-corrected chi connectivity index (χ0v) is 20.3. The largest absolute Gasteiger partial charge is 0.414 e. The van der Waals surface area contributed by atoms with Crippen molar-refractivity contribution < 1.29 is 14.3 Å². The van der Waals surface area contributed by atoms with Gasteiger partial charge in [0, 0.05) is 18.2 Å². The number of rotatable bonds is 7. The van der Waals surface area contributed by atoms with Gasteiger partial charge < -0.3 is 20.3 Å². The number of aromatic nitrogens is 2. The molecule has 0 fully saturated rings. The molecular formula is C25H27N5O3S. The molecule has 4 aromatic rings. The van der Waals surface area contributed by atoms with Gasteiger partial charge in [0.1, 0.15) is 4.83 Å². The maximum absolute atomic E-state index is 12.7. The Bertz CT molecular complexity index is 1290. The van der Waals surface area contributed by atoms with Crippen LogP contribution in [0.1, 0.15) is 35.3 Å². The van der Waals surface area contributed by atoms with Crippen molar-refractivity contribution in [2.24, 2.45) is 0 Å². The number of aromatic amines is 1. The third-order valence-electron chi connectivity index (χ3n) is 5.28. The van der Waals surface area contributed by atoms with E-state index in [2.05, 4.69) is 25.7 Å². The number of nitrogens with zero attached hydrogens (tertiary/aromatic N) is 2. The Morgan fingerprint density at radius 3 is 2.47 bits per heavy atom. The van der Waals surface area contributed by atoms with Gasteiger partial charge in [0.2, 0.25) is 0 Å². The molecule has 2 aromatic heterocycles. The highest BCUT2D eigenvalue weighted by Crippen LogP contribution is 2.34. The minimum Gasteiger partial charge on any atom is -0.399 e. The molecule has 0 saturated carbocycles. The molecule has 3 N–H and O–H groups in total. The molecule has 176 valence electrons. The van der Waals surface area contributed by atoms with Gasteiger partial charge in [-0.25, -0.2) is 4.79 Å². The van der Waals surface area contributed by atoms with E-state index in [-0.39, 0.29) is 5.91 Å². The molecule has 0 aliphatic heterocycles. The highest BCUT2D eigenvalue weighted by Gasteiger charge is 2.24. The summed E-state index contributed by atoms with van der Waals surface area (Å²) in [6.07, 6.45) is -0.561. The SMILES string of the molecule is CN(C)Cc1ccc(C(=O)Nc2n[nH]c3sc(OC(=O)NC(C)(C)c4ccccc4)cc23)cc1.